The lowest BCUT2D eigenvalue weighted by Gasteiger charge is -2.47. The zero-order valence-corrected chi connectivity index (χ0v) is 21.7. The number of carbonyl (C=O) groups excluding carboxylic acids is 1. The molecule has 0 aliphatic carbocycles. The summed E-state index contributed by atoms with van der Waals surface area (Å²) in [7, 11) is -3.33. The molecule has 4 heterocycles. The summed E-state index contributed by atoms with van der Waals surface area (Å²) in [6, 6.07) is 10.9. The minimum Gasteiger partial charge on any atom is -0.391 e. The van der Waals surface area contributed by atoms with Crippen LogP contribution in [0.2, 0.25) is 0 Å². The number of aliphatic hydroxyl groups excluding tert-OH is 1. The normalized spacial score (nSPS) is 19.1. The van der Waals surface area contributed by atoms with Crippen LogP contribution in [0.3, 0.4) is 0 Å². The molecule has 0 radical (unpaired) electrons. The molecule has 198 valence electrons. The Morgan fingerprint density at radius 3 is 2.68 bits per heavy atom. The molecule has 2 saturated heterocycles. The summed E-state index contributed by atoms with van der Waals surface area (Å²) in [5.74, 6) is 0.255. The number of nitrogens with one attached hydrogen (secondary N) is 1. The van der Waals surface area contributed by atoms with Crippen molar-refractivity contribution in [2.75, 3.05) is 37.2 Å². The van der Waals surface area contributed by atoms with Gasteiger partial charge in [0.25, 0.3) is 5.91 Å². The molecule has 2 aromatic heterocycles. The van der Waals surface area contributed by atoms with Crippen LogP contribution >= 0.6 is 0 Å². The molecule has 2 N–H and O–H groups in total. The van der Waals surface area contributed by atoms with Crippen molar-refractivity contribution < 1.29 is 18.3 Å². The standard InChI is InChI=1S/C25H28N8O4S/c1-2-38(36,37)32-16-25(17-32,9-10-26)33-14-19(13-28-33)22-7-11-27-24(30-22)29-20-5-3-18(4-6-20)23(35)31-12-8-21(34)15-31/h3-7,11,13-14,21,34H,2,8-9,12,15-17H2,1H3,(H,27,29,30)/t21-/m1/s1. The third kappa shape index (κ3) is 4.98. The van der Waals surface area contributed by atoms with Gasteiger partial charge in [0.15, 0.2) is 0 Å². The predicted octanol–water partition coefficient (Wildman–Crippen LogP) is 1.56. The van der Waals surface area contributed by atoms with E-state index in [9.17, 15) is 23.6 Å². The van der Waals surface area contributed by atoms with Gasteiger partial charge in [-0.3, -0.25) is 9.48 Å². The largest absolute Gasteiger partial charge is 0.391 e. The van der Waals surface area contributed by atoms with Crippen molar-refractivity contribution >= 4 is 27.6 Å². The van der Waals surface area contributed by atoms with E-state index in [0.717, 1.165) is 0 Å². The Bertz CT molecular complexity index is 1480. The van der Waals surface area contributed by atoms with Gasteiger partial charge >= 0.3 is 0 Å². The lowest BCUT2D eigenvalue weighted by molar-refractivity contribution is 0.0719. The number of anilines is 2. The summed E-state index contributed by atoms with van der Waals surface area (Å²) in [4.78, 5) is 23.1. The summed E-state index contributed by atoms with van der Waals surface area (Å²) in [5, 5.41) is 26.6. The fourth-order valence-electron chi connectivity index (χ4n) is 4.70. The van der Waals surface area contributed by atoms with Crippen molar-refractivity contribution in [1.29, 1.82) is 5.26 Å². The summed E-state index contributed by atoms with van der Waals surface area (Å²) < 4.78 is 27.5. The first-order valence-electron chi connectivity index (χ1n) is 12.3. The monoisotopic (exact) mass is 536 g/mol. The molecule has 1 amide bonds. The number of amides is 1. The number of aliphatic hydroxyl groups is 1. The number of rotatable bonds is 8. The van der Waals surface area contributed by atoms with E-state index in [4.69, 9.17) is 0 Å². The predicted molar refractivity (Wildman–Crippen MR) is 139 cm³/mol. The highest BCUT2D eigenvalue weighted by atomic mass is 32.2. The molecule has 0 saturated carbocycles. The molecule has 38 heavy (non-hydrogen) atoms. The van der Waals surface area contributed by atoms with Gasteiger partial charge in [0, 0.05) is 55.4 Å². The van der Waals surface area contributed by atoms with E-state index in [2.05, 4.69) is 26.5 Å². The van der Waals surface area contributed by atoms with Gasteiger partial charge in [0.2, 0.25) is 16.0 Å². The van der Waals surface area contributed by atoms with E-state index in [0.29, 0.717) is 48.0 Å². The van der Waals surface area contributed by atoms with Crippen molar-refractivity contribution in [2.24, 2.45) is 0 Å². The van der Waals surface area contributed by atoms with Crippen LogP contribution in [-0.2, 0) is 15.6 Å². The zero-order chi connectivity index (χ0) is 26.9. The highest BCUT2D eigenvalue weighted by Gasteiger charge is 2.49. The molecule has 0 bridgehead atoms. The van der Waals surface area contributed by atoms with Crippen LogP contribution in [0.25, 0.3) is 11.3 Å². The van der Waals surface area contributed by atoms with Crippen molar-refractivity contribution in [3.8, 4) is 17.3 Å². The molecule has 1 atom stereocenters. The average molecular weight is 537 g/mol. The molecule has 3 aromatic rings. The topological polar surface area (TPSA) is 157 Å². The van der Waals surface area contributed by atoms with Crippen molar-refractivity contribution in [3.63, 3.8) is 0 Å². The lowest BCUT2D eigenvalue weighted by atomic mass is 9.89. The number of hydrogen-bond acceptors (Lipinski definition) is 9. The first kappa shape index (κ1) is 25.8. The second kappa shape index (κ2) is 10.1. The number of sulfonamides is 1. The summed E-state index contributed by atoms with van der Waals surface area (Å²) in [6.45, 7) is 2.90. The van der Waals surface area contributed by atoms with Crippen molar-refractivity contribution in [2.45, 2.75) is 31.4 Å². The van der Waals surface area contributed by atoms with Gasteiger partial charge < -0.3 is 15.3 Å². The number of benzene rings is 1. The minimum absolute atomic E-state index is 0.0122. The first-order valence-corrected chi connectivity index (χ1v) is 13.9. The molecular formula is C25H28N8O4S. The van der Waals surface area contributed by atoms with Gasteiger partial charge in [-0.1, -0.05) is 0 Å². The van der Waals surface area contributed by atoms with E-state index in [-0.39, 0.29) is 31.2 Å². The highest BCUT2D eigenvalue weighted by Crippen LogP contribution is 2.35. The van der Waals surface area contributed by atoms with E-state index in [1.54, 1.807) is 65.4 Å². The highest BCUT2D eigenvalue weighted by molar-refractivity contribution is 7.89. The molecule has 1 aromatic carbocycles. The van der Waals surface area contributed by atoms with E-state index in [1.165, 1.54) is 4.31 Å². The third-order valence-corrected chi connectivity index (χ3v) is 8.74. The van der Waals surface area contributed by atoms with Crippen LogP contribution in [0.15, 0.2) is 48.9 Å². The van der Waals surface area contributed by atoms with Crippen LogP contribution in [0.1, 0.15) is 30.1 Å². The molecule has 0 spiro atoms. The number of likely N-dealkylation sites (tertiary alicyclic amines) is 1. The molecule has 12 nitrogen and oxygen atoms in total. The minimum atomic E-state index is -3.33. The van der Waals surface area contributed by atoms with Crippen LogP contribution < -0.4 is 5.32 Å². The Kier molecular flexibility index (Phi) is 6.87. The van der Waals surface area contributed by atoms with Crippen LogP contribution in [0.4, 0.5) is 11.6 Å². The molecule has 2 aliphatic rings. The number of hydrogen-bond donors (Lipinski definition) is 2. The van der Waals surface area contributed by atoms with Crippen LogP contribution in [0, 0.1) is 11.3 Å². The number of nitrogens with zero attached hydrogens (tertiary/aromatic N) is 7. The lowest BCUT2D eigenvalue weighted by Crippen LogP contribution is -2.64. The van der Waals surface area contributed by atoms with E-state index < -0.39 is 21.7 Å². The Morgan fingerprint density at radius 2 is 2.03 bits per heavy atom. The Morgan fingerprint density at radius 1 is 1.26 bits per heavy atom. The summed E-state index contributed by atoms with van der Waals surface area (Å²) in [5.41, 5.74) is 1.85. The van der Waals surface area contributed by atoms with Gasteiger partial charge in [-0.25, -0.2) is 18.4 Å². The van der Waals surface area contributed by atoms with Gasteiger partial charge in [0.1, 0.15) is 5.54 Å². The first-order chi connectivity index (χ1) is 18.2. The van der Waals surface area contributed by atoms with E-state index >= 15 is 0 Å². The molecular weight excluding hydrogens is 508 g/mol. The molecule has 2 fully saturated rings. The smallest absolute Gasteiger partial charge is 0.253 e. The second-order valence-electron chi connectivity index (χ2n) is 9.56. The van der Waals surface area contributed by atoms with Gasteiger partial charge in [-0.2, -0.15) is 14.7 Å². The van der Waals surface area contributed by atoms with Crippen molar-refractivity contribution in [3.05, 3.63) is 54.5 Å². The molecule has 5 rings (SSSR count). The SMILES string of the molecule is CCS(=O)(=O)N1CC(CC#N)(n2cc(-c3ccnc(Nc4ccc(C(=O)N5CC[C@@H](O)C5)cc4)n3)cn2)C1. The maximum atomic E-state index is 12.6. The summed E-state index contributed by atoms with van der Waals surface area (Å²) >= 11 is 0. The van der Waals surface area contributed by atoms with Crippen molar-refractivity contribution in [1.82, 2.24) is 29.0 Å². The fourth-order valence-corrected chi connectivity index (χ4v) is 5.94. The quantitative estimate of drug-likeness (QED) is 0.436. The fraction of sp³-hybridized carbons (Fsp3) is 0.400. The van der Waals surface area contributed by atoms with Gasteiger partial charge in [-0.15, -0.1) is 0 Å². The second-order valence-corrected chi connectivity index (χ2v) is 11.8. The van der Waals surface area contributed by atoms with Gasteiger partial charge in [0.05, 0.1) is 36.2 Å². The third-order valence-electron chi connectivity index (χ3n) is 6.97. The van der Waals surface area contributed by atoms with Gasteiger partial charge in [-0.05, 0) is 43.7 Å². The number of carbonyl (C=O) groups is 1. The maximum Gasteiger partial charge on any atom is 0.253 e. The van der Waals surface area contributed by atoms with Crippen LogP contribution in [0.5, 0.6) is 0 Å². The number of aromatic nitrogens is 4. The Balaban J connectivity index is 1.28. The average Bonchev–Trinajstić information content (AvgIpc) is 3.56. The summed E-state index contributed by atoms with van der Waals surface area (Å²) in [6.07, 6.45) is 5.29. The Labute approximate surface area is 220 Å². The Hall–Kier alpha value is -3.86. The maximum absolute atomic E-state index is 12.6. The number of β-amino-alcohol motifs (C(OH)–C–C–N with tert-alkyl or cyclic N) is 1. The van der Waals surface area contributed by atoms with Crippen LogP contribution in [-0.4, -0.2) is 86.4 Å². The number of nitriles is 1. The molecule has 2 aliphatic heterocycles. The molecule has 0 unspecified atom stereocenters. The molecule has 13 heteroatoms. The van der Waals surface area contributed by atoms with E-state index in [1.807, 2.05) is 0 Å². The zero-order valence-electron chi connectivity index (χ0n) is 20.9.